The number of amides is 1. The third-order valence-electron chi connectivity index (χ3n) is 3.81. The summed E-state index contributed by atoms with van der Waals surface area (Å²) in [5.74, 6) is -0.329. The van der Waals surface area contributed by atoms with E-state index in [4.69, 9.17) is 6.58 Å². The van der Waals surface area contributed by atoms with Crippen LogP contribution in [0.1, 0.15) is 33.2 Å². The Kier molecular flexibility index (Phi) is 5.95. The predicted molar refractivity (Wildman–Crippen MR) is 93.9 cm³/mol. The number of rotatable bonds is 3. The summed E-state index contributed by atoms with van der Waals surface area (Å²) in [6.07, 6.45) is 4.70. The maximum absolute atomic E-state index is 12.4. The van der Waals surface area contributed by atoms with Crippen LogP contribution in [0.25, 0.3) is 17.1 Å². The SMILES string of the molecule is [CH-]=Cc1ccc(C(=O)Nc2cnc3c(ccn3C(C)=O)c2)c(C)c1.[Na+]. The van der Waals surface area contributed by atoms with Gasteiger partial charge >= 0.3 is 29.6 Å². The molecule has 0 fully saturated rings. The molecule has 1 aromatic carbocycles. The van der Waals surface area contributed by atoms with Crippen LogP contribution < -0.4 is 34.9 Å². The molecular weight excluding hydrogens is 325 g/mol. The Morgan fingerprint density at radius 1 is 1.24 bits per heavy atom. The Bertz CT molecular complexity index is 976. The van der Waals surface area contributed by atoms with Gasteiger partial charge in [0.05, 0.1) is 11.9 Å². The fourth-order valence-corrected chi connectivity index (χ4v) is 2.59. The number of pyridine rings is 1. The van der Waals surface area contributed by atoms with Crippen molar-refractivity contribution in [2.75, 3.05) is 5.32 Å². The summed E-state index contributed by atoms with van der Waals surface area (Å²) in [6.45, 7) is 8.82. The molecule has 25 heavy (non-hydrogen) atoms. The van der Waals surface area contributed by atoms with Crippen LogP contribution in [0.5, 0.6) is 0 Å². The van der Waals surface area contributed by atoms with Crippen molar-refractivity contribution in [3.63, 3.8) is 0 Å². The number of nitrogens with zero attached hydrogens (tertiary/aromatic N) is 2. The summed E-state index contributed by atoms with van der Waals surface area (Å²) in [7, 11) is 0. The van der Waals surface area contributed by atoms with Gasteiger partial charge in [0.1, 0.15) is 5.65 Å². The quantitative estimate of drug-likeness (QED) is 0.564. The first-order valence-electron chi connectivity index (χ1n) is 7.44. The van der Waals surface area contributed by atoms with E-state index >= 15 is 0 Å². The zero-order chi connectivity index (χ0) is 17.3. The normalized spacial score (nSPS) is 10.2. The number of hydrogen-bond acceptors (Lipinski definition) is 3. The number of aryl methyl sites for hydroxylation is 1. The Labute approximate surface area is 168 Å². The van der Waals surface area contributed by atoms with Crippen LogP contribution in [0, 0.1) is 13.5 Å². The van der Waals surface area contributed by atoms with Gasteiger partial charge in [-0.1, -0.05) is 11.6 Å². The third kappa shape index (κ3) is 3.90. The van der Waals surface area contributed by atoms with Gasteiger partial charge in [-0.25, -0.2) is 11.1 Å². The van der Waals surface area contributed by atoms with E-state index in [9.17, 15) is 9.59 Å². The number of nitrogens with one attached hydrogen (secondary N) is 1. The van der Waals surface area contributed by atoms with E-state index in [0.29, 0.717) is 16.9 Å². The van der Waals surface area contributed by atoms with Crippen LogP contribution in [0.15, 0.2) is 42.7 Å². The van der Waals surface area contributed by atoms with E-state index in [1.807, 2.05) is 13.0 Å². The summed E-state index contributed by atoms with van der Waals surface area (Å²) in [4.78, 5) is 28.2. The summed E-state index contributed by atoms with van der Waals surface area (Å²) in [5.41, 5.74) is 3.41. The first kappa shape index (κ1) is 19.1. The van der Waals surface area contributed by atoms with Gasteiger partial charge in [0.2, 0.25) is 5.91 Å². The molecule has 5 nitrogen and oxygen atoms in total. The van der Waals surface area contributed by atoms with Crippen molar-refractivity contribution in [1.82, 2.24) is 9.55 Å². The average Bonchev–Trinajstić information content (AvgIpc) is 2.97. The molecule has 0 radical (unpaired) electrons. The predicted octanol–water partition coefficient (Wildman–Crippen LogP) is 0.707. The molecule has 0 saturated carbocycles. The van der Waals surface area contributed by atoms with Crippen LogP contribution in [0.4, 0.5) is 5.69 Å². The van der Waals surface area contributed by atoms with Crippen molar-refractivity contribution in [1.29, 1.82) is 0 Å². The average molecular weight is 341 g/mol. The Morgan fingerprint density at radius 2 is 2.00 bits per heavy atom. The van der Waals surface area contributed by atoms with Crippen LogP contribution in [-0.2, 0) is 0 Å². The van der Waals surface area contributed by atoms with E-state index in [1.54, 1.807) is 30.5 Å². The monoisotopic (exact) mass is 341 g/mol. The second kappa shape index (κ2) is 7.78. The molecule has 0 aliphatic rings. The van der Waals surface area contributed by atoms with Gasteiger partial charge in [-0.15, -0.1) is 12.1 Å². The molecule has 2 heterocycles. The van der Waals surface area contributed by atoms with Gasteiger partial charge in [-0.2, -0.15) is 5.56 Å². The van der Waals surface area contributed by atoms with Gasteiger partial charge in [0.15, 0.2) is 0 Å². The molecule has 3 rings (SSSR count). The topological polar surface area (TPSA) is 64.0 Å². The molecule has 0 aliphatic heterocycles. The van der Waals surface area contributed by atoms with Crippen molar-refractivity contribution in [3.05, 3.63) is 66.0 Å². The molecular formula is C19H16N3NaO2. The molecule has 0 spiro atoms. The number of anilines is 1. The molecule has 0 bridgehead atoms. The fraction of sp³-hybridized carbons (Fsp3) is 0.105. The van der Waals surface area contributed by atoms with Gasteiger partial charge in [-0.3, -0.25) is 20.7 Å². The van der Waals surface area contributed by atoms with Crippen LogP contribution in [-0.4, -0.2) is 21.4 Å². The van der Waals surface area contributed by atoms with E-state index in [1.165, 1.54) is 23.8 Å². The molecule has 1 amide bonds. The summed E-state index contributed by atoms with van der Waals surface area (Å²) in [6, 6.07) is 8.95. The van der Waals surface area contributed by atoms with Crippen molar-refractivity contribution in [3.8, 4) is 0 Å². The maximum atomic E-state index is 12.4. The molecule has 0 unspecified atom stereocenters. The molecule has 0 aliphatic carbocycles. The summed E-state index contributed by atoms with van der Waals surface area (Å²) < 4.78 is 1.47. The Morgan fingerprint density at radius 3 is 2.64 bits per heavy atom. The largest absolute Gasteiger partial charge is 1.00 e. The number of carbonyl (C=O) groups is 2. The zero-order valence-corrected chi connectivity index (χ0v) is 16.4. The molecule has 2 aromatic heterocycles. The van der Waals surface area contributed by atoms with Crippen molar-refractivity contribution >= 4 is 34.6 Å². The Balaban J connectivity index is 0.00000225. The van der Waals surface area contributed by atoms with Crippen molar-refractivity contribution in [2.24, 2.45) is 0 Å². The standard InChI is InChI=1S/C19H16N3O2.Na/c1-4-14-5-6-17(12(2)9-14)19(24)21-16-10-15-7-8-22(13(3)23)18(15)20-11-16;/h1,4-11H,2-3H3,(H,21,24);/q-1;+1. The molecule has 3 aromatic rings. The second-order valence-corrected chi connectivity index (χ2v) is 5.54. The van der Waals surface area contributed by atoms with E-state index in [0.717, 1.165) is 16.5 Å². The summed E-state index contributed by atoms with van der Waals surface area (Å²) >= 11 is 0. The van der Waals surface area contributed by atoms with Gasteiger partial charge in [0.25, 0.3) is 5.91 Å². The second-order valence-electron chi connectivity index (χ2n) is 5.54. The maximum Gasteiger partial charge on any atom is 1.00 e. The molecule has 1 N–H and O–H groups in total. The first-order chi connectivity index (χ1) is 11.5. The number of fused-ring (bicyclic) bond motifs is 1. The summed E-state index contributed by atoms with van der Waals surface area (Å²) in [5, 5.41) is 3.62. The fourth-order valence-electron chi connectivity index (χ4n) is 2.59. The number of hydrogen-bond donors (Lipinski definition) is 1. The molecule has 120 valence electrons. The van der Waals surface area contributed by atoms with Gasteiger partial charge in [0, 0.05) is 24.1 Å². The first-order valence-corrected chi connectivity index (χ1v) is 7.44. The van der Waals surface area contributed by atoms with Crippen molar-refractivity contribution < 1.29 is 39.1 Å². The van der Waals surface area contributed by atoms with Crippen LogP contribution >= 0.6 is 0 Å². The van der Waals surface area contributed by atoms with Gasteiger partial charge < -0.3 is 5.32 Å². The van der Waals surface area contributed by atoms with Crippen LogP contribution in [0.3, 0.4) is 0 Å². The minimum absolute atomic E-state index is 0. The molecule has 6 heteroatoms. The number of carbonyl (C=O) groups excluding carboxylic acids is 2. The molecule has 0 saturated heterocycles. The number of benzene rings is 1. The van der Waals surface area contributed by atoms with E-state index in [-0.39, 0.29) is 41.4 Å². The molecule has 0 atom stereocenters. The third-order valence-corrected chi connectivity index (χ3v) is 3.81. The minimum Gasteiger partial charge on any atom is -0.321 e. The van der Waals surface area contributed by atoms with Crippen molar-refractivity contribution in [2.45, 2.75) is 13.8 Å². The number of aromatic nitrogens is 2. The smallest absolute Gasteiger partial charge is 0.321 e. The van der Waals surface area contributed by atoms with E-state index < -0.39 is 0 Å². The van der Waals surface area contributed by atoms with Gasteiger partial charge in [-0.05, 0) is 19.1 Å². The van der Waals surface area contributed by atoms with Crippen LogP contribution in [0.2, 0.25) is 0 Å². The Hall–Kier alpha value is -2.21. The van der Waals surface area contributed by atoms with E-state index in [2.05, 4.69) is 10.3 Å². The minimum atomic E-state index is -0.219. The zero-order valence-electron chi connectivity index (χ0n) is 14.4.